The van der Waals surface area contributed by atoms with Crippen LogP contribution >= 0.6 is 0 Å². The van der Waals surface area contributed by atoms with Crippen molar-refractivity contribution in [1.82, 2.24) is 15.2 Å². The second-order valence-electron chi connectivity index (χ2n) is 6.19. The predicted molar refractivity (Wildman–Crippen MR) is 110 cm³/mol. The topological polar surface area (TPSA) is 145 Å². The molecule has 142 valence electrons. The number of amidine groups is 1. The fourth-order valence-corrected chi connectivity index (χ4v) is 2.95. The molecule has 0 saturated carbocycles. The van der Waals surface area contributed by atoms with Gasteiger partial charge in [0.25, 0.3) is 5.91 Å². The van der Waals surface area contributed by atoms with E-state index in [1.54, 1.807) is 30.5 Å². The third-order valence-electron chi connectivity index (χ3n) is 4.33. The van der Waals surface area contributed by atoms with Crippen molar-refractivity contribution in [3.8, 4) is 11.3 Å². The molecule has 2 heterocycles. The van der Waals surface area contributed by atoms with Gasteiger partial charge in [-0.15, -0.1) is 5.10 Å². The number of amides is 1. The van der Waals surface area contributed by atoms with Gasteiger partial charge in [-0.1, -0.05) is 17.4 Å². The van der Waals surface area contributed by atoms with Crippen molar-refractivity contribution >= 4 is 28.3 Å². The van der Waals surface area contributed by atoms with Crippen LogP contribution in [0.3, 0.4) is 0 Å². The van der Waals surface area contributed by atoms with Crippen molar-refractivity contribution in [2.75, 3.05) is 5.32 Å². The zero-order valence-electron chi connectivity index (χ0n) is 15.1. The molecule has 0 aliphatic carbocycles. The second kappa shape index (κ2) is 7.69. The third kappa shape index (κ3) is 3.69. The summed E-state index contributed by atoms with van der Waals surface area (Å²) < 4.78 is 0. The molecule has 0 spiro atoms. The summed E-state index contributed by atoms with van der Waals surface area (Å²) in [5.41, 5.74) is 16.8. The fourth-order valence-electron chi connectivity index (χ4n) is 2.95. The number of carbonyl (C=O) groups is 1. The van der Waals surface area contributed by atoms with Crippen molar-refractivity contribution in [3.05, 3.63) is 78.1 Å². The fraction of sp³-hybridized carbons (Fsp3) is 0. The smallest absolute Gasteiger partial charge is 0.257 e. The van der Waals surface area contributed by atoms with Crippen LogP contribution in [0, 0.1) is 5.53 Å². The maximum absolute atomic E-state index is 12.4. The number of hydrogen-bond donors (Lipinski definition) is 4. The Kier molecular flexibility index (Phi) is 4.77. The molecule has 0 aliphatic rings. The minimum Gasteiger partial charge on any atom is -0.382 e. The van der Waals surface area contributed by atoms with Crippen molar-refractivity contribution in [2.45, 2.75) is 0 Å². The van der Waals surface area contributed by atoms with Crippen LogP contribution in [-0.2, 0) is 0 Å². The number of H-pyrrole nitrogens is 1. The standard InChI is InChI=1S/C20H16N8O/c21-19(27-28-22)13-6-7-17-16(10-13)18(26-25-17)12-3-1-5-15(9-12)24-20(29)14-4-2-8-23-11-14/h1-11H,(H,24,29)(H,25,26)(H3,21,22,27). The average Bonchev–Trinajstić information content (AvgIpc) is 3.18. The number of benzene rings is 2. The molecule has 2 aromatic heterocycles. The molecule has 5 N–H and O–H groups in total. The number of aromatic amines is 1. The van der Waals surface area contributed by atoms with E-state index >= 15 is 0 Å². The Hall–Kier alpha value is -4.40. The van der Waals surface area contributed by atoms with Crippen LogP contribution in [0.15, 0.2) is 77.3 Å². The van der Waals surface area contributed by atoms with Crippen LogP contribution in [0.2, 0.25) is 0 Å². The third-order valence-corrected chi connectivity index (χ3v) is 4.33. The van der Waals surface area contributed by atoms with E-state index in [1.807, 2.05) is 30.3 Å². The van der Waals surface area contributed by atoms with Crippen molar-refractivity contribution in [2.24, 2.45) is 16.1 Å². The molecule has 29 heavy (non-hydrogen) atoms. The molecule has 2 aromatic carbocycles. The lowest BCUT2D eigenvalue weighted by atomic mass is 10.0. The van der Waals surface area contributed by atoms with Gasteiger partial charge in [0.15, 0.2) is 5.84 Å². The van der Waals surface area contributed by atoms with Crippen molar-refractivity contribution in [3.63, 3.8) is 0 Å². The van der Waals surface area contributed by atoms with Gasteiger partial charge >= 0.3 is 0 Å². The number of rotatable bonds is 5. The highest BCUT2D eigenvalue weighted by molar-refractivity contribution is 6.05. The number of carbonyl (C=O) groups excluding carboxylic acids is 1. The Labute approximate surface area is 165 Å². The maximum Gasteiger partial charge on any atom is 0.257 e. The normalized spacial score (nSPS) is 11.4. The number of pyridine rings is 1. The van der Waals surface area contributed by atoms with Gasteiger partial charge in [0, 0.05) is 34.6 Å². The highest BCUT2D eigenvalue weighted by Crippen LogP contribution is 2.29. The van der Waals surface area contributed by atoms with E-state index < -0.39 is 0 Å². The number of nitrogens with two attached hydrogens (primary N) is 1. The van der Waals surface area contributed by atoms with E-state index in [9.17, 15) is 4.79 Å². The van der Waals surface area contributed by atoms with E-state index in [1.165, 1.54) is 6.20 Å². The Bertz CT molecular complexity index is 1230. The molecule has 9 nitrogen and oxygen atoms in total. The van der Waals surface area contributed by atoms with Crippen molar-refractivity contribution < 1.29 is 4.79 Å². The minimum absolute atomic E-state index is 0.145. The van der Waals surface area contributed by atoms with Crippen molar-refractivity contribution in [1.29, 1.82) is 5.53 Å². The number of anilines is 1. The van der Waals surface area contributed by atoms with Gasteiger partial charge < -0.3 is 11.1 Å². The Morgan fingerprint density at radius 3 is 2.79 bits per heavy atom. The number of aromatic nitrogens is 3. The van der Waals surface area contributed by atoms with E-state index in [4.69, 9.17) is 11.3 Å². The minimum atomic E-state index is -0.243. The van der Waals surface area contributed by atoms with Crippen LogP contribution in [0.5, 0.6) is 0 Å². The van der Waals surface area contributed by atoms with Gasteiger partial charge in [0.05, 0.1) is 16.8 Å². The van der Waals surface area contributed by atoms with Gasteiger partial charge in [0.2, 0.25) is 0 Å². The number of nitrogens with zero attached hydrogens (tertiary/aromatic N) is 4. The lowest BCUT2D eigenvalue weighted by Gasteiger charge is -2.07. The highest BCUT2D eigenvalue weighted by Gasteiger charge is 2.12. The van der Waals surface area contributed by atoms with E-state index in [0.29, 0.717) is 22.5 Å². The molecule has 9 heteroatoms. The Balaban J connectivity index is 1.68. The van der Waals surface area contributed by atoms with Crippen LogP contribution < -0.4 is 11.1 Å². The number of hydrogen-bond acceptors (Lipinski definition) is 5. The first kappa shape index (κ1) is 18.0. The SMILES string of the molecule is N=NN=C(N)c1ccc2[nH]nc(-c3cccc(NC(=O)c4cccnc4)c3)c2c1. The van der Waals surface area contributed by atoms with Gasteiger partial charge in [-0.3, -0.25) is 14.9 Å². The molecule has 4 rings (SSSR count). The average molecular weight is 384 g/mol. The first-order chi connectivity index (χ1) is 14.2. The van der Waals surface area contributed by atoms with E-state index in [0.717, 1.165) is 16.5 Å². The van der Waals surface area contributed by atoms with Gasteiger partial charge in [-0.25, -0.2) is 0 Å². The lowest BCUT2D eigenvalue weighted by Crippen LogP contribution is -2.12. The summed E-state index contributed by atoms with van der Waals surface area (Å²) in [6, 6.07) is 16.2. The first-order valence-electron chi connectivity index (χ1n) is 8.66. The summed E-state index contributed by atoms with van der Waals surface area (Å²) in [4.78, 5) is 16.3. The molecule has 0 atom stereocenters. The Morgan fingerprint density at radius 1 is 1.10 bits per heavy atom. The van der Waals surface area contributed by atoms with Gasteiger partial charge in [0.1, 0.15) is 0 Å². The predicted octanol–water partition coefficient (Wildman–Crippen LogP) is 3.53. The zero-order chi connectivity index (χ0) is 20.2. The number of nitrogens with one attached hydrogen (secondary N) is 3. The summed E-state index contributed by atoms with van der Waals surface area (Å²) in [5, 5.41) is 17.6. The number of fused-ring (bicyclic) bond motifs is 1. The lowest BCUT2D eigenvalue weighted by molar-refractivity contribution is 0.102. The molecule has 0 fully saturated rings. The summed E-state index contributed by atoms with van der Waals surface area (Å²) in [5.74, 6) is -0.0981. The van der Waals surface area contributed by atoms with Crippen LogP contribution in [0.25, 0.3) is 22.2 Å². The molecule has 0 aliphatic heterocycles. The van der Waals surface area contributed by atoms with Crippen LogP contribution in [-0.4, -0.2) is 26.9 Å². The van der Waals surface area contributed by atoms with E-state index in [-0.39, 0.29) is 11.7 Å². The summed E-state index contributed by atoms with van der Waals surface area (Å²) >= 11 is 0. The zero-order valence-corrected chi connectivity index (χ0v) is 15.1. The highest BCUT2D eigenvalue weighted by atomic mass is 16.1. The van der Waals surface area contributed by atoms with Crippen LogP contribution in [0.4, 0.5) is 5.69 Å². The molecule has 0 saturated heterocycles. The molecule has 0 bridgehead atoms. The summed E-state index contributed by atoms with van der Waals surface area (Å²) in [6.45, 7) is 0. The first-order valence-corrected chi connectivity index (χ1v) is 8.66. The Morgan fingerprint density at radius 2 is 2.00 bits per heavy atom. The summed E-state index contributed by atoms with van der Waals surface area (Å²) in [7, 11) is 0. The molecular formula is C20H16N8O. The molecule has 0 radical (unpaired) electrons. The second-order valence-corrected chi connectivity index (χ2v) is 6.19. The molecule has 4 aromatic rings. The van der Waals surface area contributed by atoms with E-state index in [2.05, 4.69) is 30.8 Å². The maximum atomic E-state index is 12.4. The molecular weight excluding hydrogens is 368 g/mol. The van der Waals surface area contributed by atoms with Crippen LogP contribution in [0.1, 0.15) is 15.9 Å². The van der Waals surface area contributed by atoms with Gasteiger partial charge in [-0.05, 0) is 42.5 Å². The largest absolute Gasteiger partial charge is 0.382 e. The molecule has 0 unspecified atom stereocenters. The van der Waals surface area contributed by atoms with Gasteiger partial charge in [-0.2, -0.15) is 10.6 Å². The molecule has 1 amide bonds. The quantitative estimate of drug-likeness (QED) is 0.180. The monoisotopic (exact) mass is 384 g/mol. The summed E-state index contributed by atoms with van der Waals surface area (Å²) in [6.07, 6.45) is 3.13.